The van der Waals surface area contributed by atoms with Gasteiger partial charge < -0.3 is 15.0 Å². The molecule has 0 aromatic heterocycles. The molecule has 0 bridgehead atoms. The molecule has 9 nitrogen and oxygen atoms in total. The van der Waals surface area contributed by atoms with Crippen LogP contribution in [0.1, 0.15) is 31.9 Å². The molecule has 3 aliphatic rings. The summed E-state index contributed by atoms with van der Waals surface area (Å²) >= 11 is 0. The molecule has 1 saturated heterocycles. The summed E-state index contributed by atoms with van der Waals surface area (Å²) in [6.07, 6.45) is -3.37. The first-order valence-electron chi connectivity index (χ1n) is 12.5. The molecule has 3 heterocycles. The van der Waals surface area contributed by atoms with E-state index >= 15 is 0 Å². The molecule has 13 heteroatoms. The molecule has 1 amide bonds. The van der Waals surface area contributed by atoms with E-state index in [9.17, 15) is 26.4 Å². The average molecular weight is 546 g/mol. The predicted molar refractivity (Wildman–Crippen MR) is 131 cm³/mol. The summed E-state index contributed by atoms with van der Waals surface area (Å²) in [7, 11) is -2.10. The van der Waals surface area contributed by atoms with E-state index in [0.29, 0.717) is 36.8 Å². The number of carbonyl (C=O) groups is 1. The number of piperazine rings is 1. The Hall–Kier alpha value is -2.35. The zero-order valence-corrected chi connectivity index (χ0v) is 22.2. The van der Waals surface area contributed by atoms with Crippen LogP contribution in [0, 0.1) is 0 Å². The summed E-state index contributed by atoms with van der Waals surface area (Å²) in [5.74, 6) is 0.265. The third-order valence-corrected chi connectivity index (χ3v) is 8.73. The standard InChI is InChI=1S/C24H34F3N5O4S/c1-4-8-31-14-19-21(28-23(33)22(19)29(3)16-31)18-13-17(6-7-20(18)36-5-2)37(34,35)32-11-9-30(10-12-32)15-24(25,26)27/h6-7,13,21H,4-5,8-12,14-16H2,1-3H3,(H,28,33). The lowest BCUT2D eigenvalue weighted by Gasteiger charge is -2.35. The van der Waals surface area contributed by atoms with Crippen LogP contribution in [0.25, 0.3) is 0 Å². The molecule has 1 aromatic carbocycles. The van der Waals surface area contributed by atoms with Crippen molar-refractivity contribution in [2.24, 2.45) is 0 Å². The third kappa shape index (κ3) is 5.89. The Morgan fingerprint density at radius 2 is 1.81 bits per heavy atom. The summed E-state index contributed by atoms with van der Waals surface area (Å²) in [4.78, 5) is 18.3. The molecule has 3 aliphatic heterocycles. The number of carbonyl (C=O) groups excluding carboxylic acids is 1. The van der Waals surface area contributed by atoms with Crippen LogP contribution < -0.4 is 10.1 Å². The smallest absolute Gasteiger partial charge is 0.401 e. The van der Waals surface area contributed by atoms with Crippen LogP contribution in [0.5, 0.6) is 5.75 Å². The van der Waals surface area contributed by atoms with Crippen LogP contribution >= 0.6 is 0 Å². The molecule has 1 N–H and O–H groups in total. The van der Waals surface area contributed by atoms with Crippen molar-refractivity contribution < 1.29 is 31.1 Å². The number of halogens is 3. The summed E-state index contributed by atoms with van der Waals surface area (Å²) in [6.45, 7) is 5.18. The Kier molecular flexibility index (Phi) is 8.07. The lowest BCUT2D eigenvalue weighted by molar-refractivity contribution is -0.148. The quantitative estimate of drug-likeness (QED) is 0.535. The van der Waals surface area contributed by atoms with Gasteiger partial charge in [-0.05, 0) is 43.7 Å². The van der Waals surface area contributed by atoms with Gasteiger partial charge >= 0.3 is 6.18 Å². The van der Waals surface area contributed by atoms with E-state index in [1.165, 1.54) is 21.3 Å². The Balaban J connectivity index is 1.63. The highest BCUT2D eigenvalue weighted by Crippen LogP contribution is 2.39. The molecule has 1 aromatic rings. The maximum Gasteiger partial charge on any atom is 0.401 e. The van der Waals surface area contributed by atoms with Crippen molar-refractivity contribution >= 4 is 15.9 Å². The number of alkyl halides is 3. The number of benzene rings is 1. The van der Waals surface area contributed by atoms with Gasteiger partial charge in [-0.25, -0.2) is 8.42 Å². The first-order valence-corrected chi connectivity index (χ1v) is 13.9. The minimum atomic E-state index is -4.33. The van der Waals surface area contributed by atoms with E-state index in [1.807, 2.05) is 18.9 Å². The molecule has 4 rings (SSSR count). The average Bonchev–Trinajstić information content (AvgIpc) is 3.15. The molecular weight excluding hydrogens is 511 g/mol. The van der Waals surface area contributed by atoms with Crippen LogP contribution in [0.15, 0.2) is 34.4 Å². The molecule has 37 heavy (non-hydrogen) atoms. The summed E-state index contributed by atoms with van der Waals surface area (Å²) in [5, 5.41) is 3.01. The highest BCUT2D eigenvalue weighted by molar-refractivity contribution is 7.89. The van der Waals surface area contributed by atoms with Crippen LogP contribution in [0.4, 0.5) is 13.2 Å². The van der Waals surface area contributed by atoms with Crippen molar-refractivity contribution in [1.82, 2.24) is 24.3 Å². The molecule has 206 valence electrons. The van der Waals surface area contributed by atoms with Gasteiger partial charge in [0.1, 0.15) is 11.4 Å². The monoisotopic (exact) mass is 545 g/mol. The first-order chi connectivity index (χ1) is 17.4. The van der Waals surface area contributed by atoms with Crippen molar-refractivity contribution in [1.29, 1.82) is 0 Å². The van der Waals surface area contributed by atoms with Gasteiger partial charge in [0.25, 0.3) is 5.91 Å². The molecular formula is C24H34F3N5O4S. The zero-order chi connectivity index (χ0) is 27.0. The van der Waals surface area contributed by atoms with Crippen molar-refractivity contribution in [2.45, 2.75) is 37.4 Å². The van der Waals surface area contributed by atoms with E-state index in [-0.39, 0.29) is 37.0 Å². The molecule has 1 atom stereocenters. The van der Waals surface area contributed by atoms with E-state index in [0.717, 1.165) is 18.5 Å². The van der Waals surface area contributed by atoms with Gasteiger partial charge in [0.05, 0.1) is 30.8 Å². The Bertz CT molecular complexity index is 1150. The van der Waals surface area contributed by atoms with Crippen molar-refractivity contribution in [3.8, 4) is 5.75 Å². The fourth-order valence-corrected chi connectivity index (χ4v) is 6.74. The number of hydrogen-bond acceptors (Lipinski definition) is 7. The fourth-order valence-electron chi connectivity index (χ4n) is 5.28. The van der Waals surface area contributed by atoms with Crippen LogP contribution in [0.3, 0.4) is 0 Å². The second-order valence-electron chi connectivity index (χ2n) is 9.60. The lowest BCUT2D eigenvalue weighted by Crippen LogP contribution is -2.50. The van der Waals surface area contributed by atoms with Crippen molar-refractivity contribution in [3.05, 3.63) is 35.0 Å². The summed E-state index contributed by atoms with van der Waals surface area (Å²) < 4.78 is 72.2. The van der Waals surface area contributed by atoms with Crippen molar-refractivity contribution in [3.63, 3.8) is 0 Å². The molecule has 1 fully saturated rings. The van der Waals surface area contributed by atoms with Gasteiger partial charge in [-0.15, -0.1) is 0 Å². The maximum atomic E-state index is 13.5. The number of amides is 1. The molecule has 0 saturated carbocycles. The largest absolute Gasteiger partial charge is 0.494 e. The Morgan fingerprint density at radius 3 is 2.43 bits per heavy atom. The van der Waals surface area contributed by atoms with Gasteiger partial charge in [0.2, 0.25) is 10.0 Å². The van der Waals surface area contributed by atoms with Gasteiger partial charge in [0.15, 0.2) is 0 Å². The summed E-state index contributed by atoms with van der Waals surface area (Å²) in [5.41, 5.74) is 2.00. The highest BCUT2D eigenvalue weighted by Gasteiger charge is 2.41. The number of nitrogens with one attached hydrogen (secondary N) is 1. The minimum Gasteiger partial charge on any atom is -0.494 e. The number of likely N-dealkylation sites (N-methyl/N-ethyl adjacent to an activating group) is 1. The molecule has 0 radical (unpaired) electrons. The molecule has 0 aliphatic carbocycles. The van der Waals surface area contributed by atoms with E-state index < -0.39 is 28.8 Å². The van der Waals surface area contributed by atoms with Gasteiger partial charge in [-0.2, -0.15) is 17.5 Å². The third-order valence-electron chi connectivity index (χ3n) is 6.83. The van der Waals surface area contributed by atoms with Crippen LogP contribution in [-0.4, -0.2) is 106 Å². The number of hydrogen-bond donors (Lipinski definition) is 1. The van der Waals surface area contributed by atoms with Gasteiger partial charge in [-0.3, -0.25) is 14.6 Å². The molecule has 0 spiro atoms. The van der Waals surface area contributed by atoms with Gasteiger partial charge in [0, 0.05) is 45.3 Å². The van der Waals surface area contributed by atoms with E-state index in [4.69, 9.17) is 4.74 Å². The number of sulfonamides is 1. The van der Waals surface area contributed by atoms with Crippen LogP contribution in [-0.2, 0) is 14.8 Å². The van der Waals surface area contributed by atoms with E-state index in [2.05, 4.69) is 17.1 Å². The zero-order valence-electron chi connectivity index (χ0n) is 21.3. The van der Waals surface area contributed by atoms with Crippen molar-refractivity contribution in [2.75, 3.05) is 66.1 Å². The highest BCUT2D eigenvalue weighted by atomic mass is 32.2. The second-order valence-corrected chi connectivity index (χ2v) is 11.5. The maximum absolute atomic E-state index is 13.5. The Labute approximate surface area is 215 Å². The predicted octanol–water partition coefficient (Wildman–Crippen LogP) is 1.99. The second kappa shape index (κ2) is 10.8. The first kappa shape index (κ1) is 27.7. The van der Waals surface area contributed by atoms with E-state index in [1.54, 1.807) is 6.07 Å². The normalized spacial score (nSPS) is 22.4. The van der Waals surface area contributed by atoms with Crippen LogP contribution in [0.2, 0.25) is 0 Å². The number of ether oxygens (including phenoxy) is 1. The minimum absolute atomic E-state index is 0.00282. The summed E-state index contributed by atoms with van der Waals surface area (Å²) in [6, 6.07) is 4.02. The fraction of sp³-hybridized carbons (Fsp3) is 0.625. The van der Waals surface area contributed by atoms with Gasteiger partial charge in [-0.1, -0.05) is 6.92 Å². The Morgan fingerprint density at radius 1 is 1.11 bits per heavy atom. The number of rotatable bonds is 8. The number of nitrogens with zero attached hydrogens (tertiary/aromatic N) is 4. The molecule has 1 unspecified atom stereocenters. The topological polar surface area (TPSA) is 85.4 Å². The SMILES string of the molecule is CCCN1CC2=C(C(=O)NC2c2cc(S(=O)(=O)N3CCN(CC(F)(F)F)CC3)ccc2OCC)N(C)C1. The lowest BCUT2D eigenvalue weighted by atomic mass is 9.97.